The third-order valence-electron chi connectivity index (χ3n) is 2.86. The first kappa shape index (κ1) is 15.8. The molecule has 2 amide bonds. The van der Waals surface area contributed by atoms with Crippen LogP contribution in [0.15, 0.2) is 0 Å². The molecule has 8 nitrogen and oxygen atoms in total. The molecule has 0 aromatic carbocycles. The standard InChI is InChI=1S/C11H20N2O6/c1-5(14)12-4-7-9(16)10(17)8(13-6(2)15)11(18-3)19-7/h7-11,16-17H,4H2,1-3H3,(H,12,14)(H,13,15)/t7-,8-,9-,10+,11-/m1/s1. The van der Waals surface area contributed by atoms with Gasteiger partial charge in [0.25, 0.3) is 0 Å². The Hall–Kier alpha value is -1.22. The highest BCUT2D eigenvalue weighted by Gasteiger charge is 2.45. The molecule has 1 fully saturated rings. The zero-order valence-corrected chi connectivity index (χ0v) is 11.1. The van der Waals surface area contributed by atoms with E-state index in [4.69, 9.17) is 9.47 Å². The highest BCUT2D eigenvalue weighted by atomic mass is 16.7. The fourth-order valence-electron chi connectivity index (χ4n) is 1.93. The van der Waals surface area contributed by atoms with Gasteiger partial charge in [-0.3, -0.25) is 9.59 Å². The number of carbonyl (C=O) groups excluding carboxylic acids is 2. The lowest BCUT2D eigenvalue weighted by Crippen LogP contribution is -2.65. The van der Waals surface area contributed by atoms with E-state index >= 15 is 0 Å². The molecule has 1 rings (SSSR count). The summed E-state index contributed by atoms with van der Waals surface area (Å²) in [5.41, 5.74) is 0. The molecule has 0 saturated carbocycles. The number of aliphatic hydroxyl groups excluding tert-OH is 2. The maximum absolute atomic E-state index is 11.1. The molecule has 5 atom stereocenters. The van der Waals surface area contributed by atoms with Gasteiger partial charge in [-0.25, -0.2) is 0 Å². The van der Waals surface area contributed by atoms with Crippen LogP contribution >= 0.6 is 0 Å². The zero-order chi connectivity index (χ0) is 14.6. The lowest BCUT2D eigenvalue weighted by molar-refractivity contribution is -0.255. The van der Waals surface area contributed by atoms with Gasteiger partial charge < -0.3 is 30.3 Å². The van der Waals surface area contributed by atoms with Crippen LogP contribution in [0.2, 0.25) is 0 Å². The Morgan fingerprint density at radius 3 is 2.32 bits per heavy atom. The van der Waals surface area contributed by atoms with Gasteiger partial charge in [0, 0.05) is 27.5 Å². The molecule has 1 aliphatic rings. The van der Waals surface area contributed by atoms with E-state index in [1.165, 1.54) is 21.0 Å². The van der Waals surface area contributed by atoms with Crippen LogP contribution in [0.5, 0.6) is 0 Å². The van der Waals surface area contributed by atoms with Gasteiger partial charge in [-0.2, -0.15) is 0 Å². The number of aliphatic hydroxyl groups is 2. The first-order valence-corrected chi connectivity index (χ1v) is 5.92. The Kier molecular flexibility index (Phi) is 5.67. The third-order valence-corrected chi connectivity index (χ3v) is 2.86. The molecule has 8 heteroatoms. The summed E-state index contributed by atoms with van der Waals surface area (Å²) >= 11 is 0. The molecule has 1 heterocycles. The van der Waals surface area contributed by atoms with Crippen molar-refractivity contribution in [3.05, 3.63) is 0 Å². The van der Waals surface area contributed by atoms with Crippen LogP contribution in [-0.2, 0) is 19.1 Å². The molecular formula is C11H20N2O6. The predicted molar refractivity (Wildman–Crippen MR) is 64.0 cm³/mol. The van der Waals surface area contributed by atoms with Crippen molar-refractivity contribution in [3.63, 3.8) is 0 Å². The molecule has 4 N–H and O–H groups in total. The van der Waals surface area contributed by atoms with Crippen molar-refractivity contribution in [3.8, 4) is 0 Å². The minimum Gasteiger partial charge on any atom is -0.388 e. The van der Waals surface area contributed by atoms with Crippen LogP contribution in [0, 0.1) is 0 Å². The van der Waals surface area contributed by atoms with Crippen LogP contribution in [0.4, 0.5) is 0 Å². The lowest BCUT2D eigenvalue weighted by Gasteiger charge is -2.42. The molecule has 0 bridgehead atoms. The van der Waals surface area contributed by atoms with Gasteiger partial charge >= 0.3 is 0 Å². The van der Waals surface area contributed by atoms with E-state index in [1.807, 2.05) is 0 Å². The van der Waals surface area contributed by atoms with Crippen LogP contribution in [-0.4, -0.2) is 66.3 Å². The van der Waals surface area contributed by atoms with Crippen LogP contribution in [0.25, 0.3) is 0 Å². The molecule has 0 aliphatic carbocycles. The Bertz CT molecular complexity index is 333. The van der Waals surface area contributed by atoms with E-state index in [9.17, 15) is 19.8 Å². The quantitative estimate of drug-likeness (QED) is 0.459. The van der Waals surface area contributed by atoms with Crippen molar-refractivity contribution in [2.24, 2.45) is 0 Å². The highest BCUT2D eigenvalue weighted by molar-refractivity contribution is 5.73. The maximum Gasteiger partial charge on any atom is 0.217 e. The monoisotopic (exact) mass is 276 g/mol. The molecule has 0 aromatic heterocycles. The van der Waals surface area contributed by atoms with Crippen molar-refractivity contribution in [2.45, 2.75) is 44.5 Å². The molecule has 0 aromatic rings. The van der Waals surface area contributed by atoms with Crippen molar-refractivity contribution >= 4 is 11.8 Å². The average molecular weight is 276 g/mol. The van der Waals surface area contributed by atoms with Gasteiger partial charge in [-0.05, 0) is 0 Å². The molecule has 0 radical (unpaired) electrons. The minimum atomic E-state index is -1.25. The van der Waals surface area contributed by atoms with Crippen molar-refractivity contribution in [2.75, 3.05) is 13.7 Å². The van der Waals surface area contributed by atoms with Gasteiger partial charge in [-0.1, -0.05) is 0 Å². The molecule has 1 aliphatic heterocycles. The van der Waals surface area contributed by atoms with E-state index in [0.29, 0.717) is 0 Å². The minimum absolute atomic E-state index is 0.0419. The zero-order valence-electron chi connectivity index (χ0n) is 11.1. The number of nitrogens with one attached hydrogen (secondary N) is 2. The van der Waals surface area contributed by atoms with Gasteiger partial charge in [0.05, 0.1) is 0 Å². The fourth-order valence-corrected chi connectivity index (χ4v) is 1.93. The molecule has 0 unspecified atom stereocenters. The topological polar surface area (TPSA) is 117 Å². The van der Waals surface area contributed by atoms with Crippen molar-refractivity contribution in [1.82, 2.24) is 10.6 Å². The second kappa shape index (κ2) is 6.80. The summed E-state index contributed by atoms with van der Waals surface area (Å²) in [7, 11) is 1.36. The summed E-state index contributed by atoms with van der Waals surface area (Å²) in [5.74, 6) is -0.648. The number of carbonyl (C=O) groups is 2. The maximum atomic E-state index is 11.1. The van der Waals surface area contributed by atoms with Gasteiger partial charge in [0.15, 0.2) is 6.29 Å². The number of rotatable bonds is 4. The molecule has 19 heavy (non-hydrogen) atoms. The normalized spacial score (nSPS) is 34.7. The van der Waals surface area contributed by atoms with Gasteiger partial charge in [-0.15, -0.1) is 0 Å². The molecular weight excluding hydrogens is 256 g/mol. The van der Waals surface area contributed by atoms with Crippen molar-refractivity contribution < 1.29 is 29.3 Å². The second-order valence-electron chi connectivity index (χ2n) is 4.42. The highest BCUT2D eigenvalue weighted by Crippen LogP contribution is 2.21. The Labute approximate surface area is 111 Å². The van der Waals surface area contributed by atoms with Gasteiger partial charge in [0.1, 0.15) is 24.4 Å². The third kappa shape index (κ3) is 4.13. The van der Waals surface area contributed by atoms with E-state index in [2.05, 4.69) is 10.6 Å². The first-order valence-electron chi connectivity index (χ1n) is 5.92. The summed E-state index contributed by atoms with van der Waals surface area (Å²) in [6.45, 7) is 2.66. The van der Waals surface area contributed by atoms with Gasteiger partial charge in [0.2, 0.25) is 11.8 Å². The van der Waals surface area contributed by atoms with E-state index in [0.717, 1.165) is 0 Å². The SMILES string of the molecule is CO[C@@H]1O[C@H](CNC(C)=O)[C@@H](O)[C@@H](O)[C@H]1NC(C)=O. The molecule has 1 saturated heterocycles. The largest absolute Gasteiger partial charge is 0.388 e. The summed E-state index contributed by atoms with van der Waals surface area (Å²) in [5, 5.41) is 24.9. The number of amides is 2. The van der Waals surface area contributed by atoms with Crippen molar-refractivity contribution in [1.29, 1.82) is 0 Å². The Morgan fingerprint density at radius 1 is 1.21 bits per heavy atom. The van der Waals surface area contributed by atoms with E-state index < -0.39 is 30.6 Å². The van der Waals surface area contributed by atoms with E-state index in [1.54, 1.807) is 0 Å². The summed E-state index contributed by atoms with van der Waals surface area (Å²) in [4.78, 5) is 21.9. The fraction of sp³-hybridized carbons (Fsp3) is 0.818. The smallest absolute Gasteiger partial charge is 0.217 e. The van der Waals surface area contributed by atoms with Crippen LogP contribution in [0.1, 0.15) is 13.8 Å². The molecule has 0 spiro atoms. The van der Waals surface area contributed by atoms with Crippen LogP contribution < -0.4 is 10.6 Å². The predicted octanol–water partition coefficient (Wildman–Crippen LogP) is -2.28. The van der Waals surface area contributed by atoms with Crippen LogP contribution in [0.3, 0.4) is 0 Å². The Balaban J connectivity index is 2.72. The number of hydrogen-bond donors (Lipinski definition) is 4. The lowest BCUT2D eigenvalue weighted by atomic mass is 9.96. The number of hydrogen-bond acceptors (Lipinski definition) is 6. The number of ether oxygens (including phenoxy) is 2. The summed E-state index contributed by atoms with van der Waals surface area (Å²) < 4.78 is 10.5. The average Bonchev–Trinajstić information content (AvgIpc) is 2.33. The number of methoxy groups -OCH3 is 1. The first-order chi connectivity index (χ1) is 8.86. The molecule has 110 valence electrons. The summed E-state index contributed by atoms with van der Waals surface area (Å²) in [6, 6.07) is -0.869. The Morgan fingerprint density at radius 2 is 1.84 bits per heavy atom. The van der Waals surface area contributed by atoms with E-state index in [-0.39, 0.29) is 18.4 Å². The summed E-state index contributed by atoms with van der Waals surface area (Å²) in [6.07, 6.45) is -4.20. The second-order valence-corrected chi connectivity index (χ2v) is 4.42.